The summed E-state index contributed by atoms with van der Waals surface area (Å²) in [6, 6.07) is 7.47. The molecule has 0 amide bonds. The van der Waals surface area contributed by atoms with Crippen LogP contribution in [0.25, 0.3) is 0 Å². The van der Waals surface area contributed by atoms with Gasteiger partial charge in [-0.2, -0.15) is 0 Å². The molecule has 0 saturated carbocycles. The summed E-state index contributed by atoms with van der Waals surface area (Å²) >= 11 is 0. The van der Waals surface area contributed by atoms with Crippen LogP contribution >= 0.6 is 0 Å². The Morgan fingerprint density at radius 3 is 2.81 bits per heavy atom. The van der Waals surface area contributed by atoms with E-state index in [1.165, 1.54) is 0 Å². The van der Waals surface area contributed by atoms with Crippen molar-refractivity contribution in [1.82, 2.24) is 5.32 Å². The largest absolute Gasteiger partial charge is 0.478 e. The standard InChI is InChI=1S/C12H15NO3/c1-9-4-2-3-5-10(9)16-12(11(14)15)6-7-13-8-12/h2-5,13H,6-8H2,1H3,(H,14,15). The van der Waals surface area contributed by atoms with Gasteiger partial charge in [0.25, 0.3) is 0 Å². The molecule has 0 radical (unpaired) electrons. The van der Waals surface area contributed by atoms with E-state index >= 15 is 0 Å². The zero-order valence-electron chi connectivity index (χ0n) is 9.19. The highest BCUT2D eigenvalue weighted by Gasteiger charge is 2.44. The Hall–Kier alpha value is -1.55. The number of rotatable bonds is 3. The Bertz CT molecular complexity index is 397. The number of carboxylic acids is 1. The van der Waals surface area contributed by atoms with Gasteiger partial charge in [-0.3, -0.25) is 0 Å². The molecular formula is C12H15NO3. The minimum Gasteiger partial charge on any atom is -0.478 e. The highest BCUT2D eigenvalue weighted by atomic mass is 16.5. The van der Waals surface area contributed by atoms with Gasteiger partial charge in [0, 0.05) is 13.0 Å². The molecule has 2 N–H and O–H groups in total. The Balaban J connectivity index is 2.25. The summed E-state index contributed by atoms with van der Waals surface area (Å²) in [5.74, 6) is -0.255. The fraction of sp³-hybridized carbons (Fsp3) is 0.417. The summed E-state index contributed by atoms with van der Waals surface area (Å²) in [7, 11) is 0. The predicted molar refractivity (Wildman–Crippen MR) is 59.7 cm³/mol. The van der Waals surface area contributed by atoms with E-state index in [2.05, 4.69) is 5.32 Å². The van der Waals surface area contributed by atoms with Crippen LogP contribution in [0.3, 0.4) is 0 Å². The molecule has 1 atom stereocenters. The summed E-state index contributed by atoms with van der Waals surface area (Å²) in [6.45, 7) is 2.95. The van der Waals surface area contributed by atoms with Crippen molar-refractivity contribution in [2.24, 2.45) is 0 Å². The van der Waals surface area contributed by atoms with Gasteiger partial charge in [-0.15, -0.1) is 0 Å². The van der Waals surface area contributed by atoms with Crippen molar-refractivity contribution in [2.75, 3.05) is 13.1 Å². The van der Waals surface area contributed by atoms with Gasteiger partial charge in [0.1, 0.15) is 5.75 Å². The Morgan fingerprint density at radius 2 is 2.25 bits per heavy atom. The van der Waals surface area contributed by atoms with E-state index in [9.17, 15) is 9.90 Å². The summed E-state index contributed by atoms with van der Waals surface area (Å²) in [5.41, 5.74) is -0.151. The van der Waals surface area contributed by atoms with Crippen LogP contribution in [0.4, 0.5) is 0 Å². The first kappa shape index (κ1) is 11.0. The van der Waals surface area contributed by atoms with E-state index < -0.39 is 11.6 Å². The number of benzene rings is 1. The molecule has 0 bridgehead atoms. The SMILES string of the molecule is Cc1ccccc1OC1(C(=O)O)CCNC1. The topological polar surface area (TPSA) is 58.6 Å². The molecule has 1 heterocycles. The maximum Gasteiger partial charge on any atom is 0.349 e. The number of carbonyl (C=O) groups is 1. The van der Waals surface area contributed by atoms with E-state index in [1.54, 1.807) is 6.07 Å². The first-order valence-electron chi connectivity index (χ1n) is 5.33. The highest BCUT2D eigenvalue weighted by molar-refractivity contribution is 5.79. The molecule has 1 saturated heterocycles. The minimum atomic E-state index is -1.11. The average Bonchev–Trinajstić information content (AvgIpc) is 2.71. The van der Waals surface area contributed by atoms with Gasteiger partial charge in [-0.25, -0.2) is 4.79 Å². The van der Waals surface area contributed by atoms with Crippen LogP contribution in [-0.2, 0) is 4.79 Å². The molecule has 86 valence electrons. The van der Waals surface area contributed by atoms with Gasteiger partial charge in [0.2, 0.25) is 5.60 Å². The van der Waals surface area contributed by atoms with Gasteiger partial charge in [-0.1, -0.05) is 18.2 Å². The third kappa shape index (κ3) is 1.88. The molecule has 1 fully saturated rings. The van der Waals surface area contributed by atoms with Gasteiger partial charge >= 0.3 is 5.97 Å². The van der Waals surface area contributed by atoms with Crippen molar-refractivity contribution in [2.45, 2.75) is 18.9 Å². The fourth-order valence-corrected chi connectivity index (χ4v) is 1.86. The van der Waals surface area contributed by atoms with Crippen molar-refractivity contribution in [3.8, 4) is 5.75 Å². The second-order valence-corrected chi connectivity index (χ2v) is 4.09. The Morgan fingerprint density at radius 1 is 1.50 bits per heavy atom. The summed E-state index contributed by atoms with van der Waals surface area (Å²) in [4.78, 5) is 11.3. The molecule has 0 spiro atoms. The third-order valence-corrected chi connectivity index (χ3v) is 2.90. The number of hydrogen-bond acceptors (Lipinski definition) is 3. The highest BCUT2D eigenvalue weighted by Crippen LogP contribution is 2.26. The molecule has 1 unspecified atom stereocenters. The number of aryl methyl sites for hydroxylation is 1. The minimum absolute atomic E-state index is 0.358. The number of carboxylic acid groups (broad SMARTS) is 1. The van der Waals surface area contributed by atoms with Crippen LogP contribution in [-0.4, -0.2) is 29.8 Å². The second kappa shape index (κ2) is 4.14. The van der Waals surface area contributed by atoms with Gasteiger partial charge in [-0.05, 0) is 25.1 Å². The quantitative estimate of drug-likeness (QED) is 0.805. The average molecular weight is 221 g/mol. The van der Waals surface area contributed by atoms with Crippen molar-refractivity contribution >= 4 is 5.97 Å². The lowest BCUT2D eigenvalue weighted by atomic mass is 10.0. The van der Waals surface area contributed by atoms with Crippen molar-refractivity contribution < 1.29 is 14.6 Å². The van der Waals surface area contributed by atoms with E-state index in [4.69, 9.17) is 4.74 Å². The number of para-hydroxylation sites is 1. The normalized spacial score (nSPS) is 24.3. The van der Waals surface area contributed by atoms with Crippen LogP contribution in [0.1, 0.15) is 12.0 Å². The Labute approximate surface area is 94.2 Å². The lowest BCUT2D eigenvalue weighted by Gasteiger charge is -2.25. The van der Waals surface area contributed by atoms with E-state index in [0.29, 0.717) is 25.3 Å². The van der Waals surface area contributed by atoms with Crippen LogP contribution < -0.4 is 10.1 Å². The molecule has 0 aliphatic carbocycles. The molecular weight excluding hydrogens is 206 g/mol. The maximum atomic E-state index is 11.3. The first-order chi connectivity index (χ1) is 7.64. The van der Waals surface area contributed by atoms with Gasteiger partial charge < -0.3 is 15.2 Å². The molecule has 2 rings (SSSR count). The molecule has 4 nitrogen and oxygen atoms in total. The van der Waals surface area contributed by atoms with Crippen LogP contribution in [0.5, 0.6) is 5.75 Å². The van der Waals surface area contributed by atoms with E-state index in [-0.39, 0.29) is 0 Å². The lowest BCUT2D eigenvalue weighted by molar-refractivity contribution is -0.153. The monoisotopic (exact) mass is 221 g/mol. The molecule has 1 aromatic rings. The van der Waals surface area contributed by atoms with Gasteiger partial charge in [0.05, 0.1) is 0 Å². The zero-order chi connectivity index (χ0) is 11.6. The molecule has 1 aliphatic rings. The number of aliphatic carboxylic acids is 1. The Kier molecular flexibility index (Phi) is 2.83. The van der Waals surface area contributed by atoms with Crippen LogP contribution in [0.15, 0.2) is 24.3 Å². The molecule has 0 aromatic heterocycles. The second-order valence-electron chi connectivity index (χ2n) is 4.09. The summed E-state index contributed by atoms with van der Waals surface area (Å²) in [5, 5.41) is 12.3. The first-order valence-corrected chi connectivity index (χ1v) is 5.33. The van der Waals surface area contributed by atoms with Crippen molar-refractivity contribution in [3.63, 3.8) is 0 Å². The van der Waals surface area contributed by atoms with Gasteiger partial charge in [0.15, 0.2) is 0 Å². The molecule has 1 aliphatic heterocycles. The molecule has 16 heavy (non-hydrogen) atoms. The summed E-state index contributed by atoms with van der Waals surface area (Å²) < 4.78 is 5.69. The van der Waals surface area contributed by atoms with Crippen molar-refractivity contribution in [3.05, 3.63) is 29.8 Å². The summed E-state index contributed by atoms with van der Waals surface area (Å²) in [6.07, 6.45) is 0.497. The van der Waals surface area contributed by atoms with Crippen molar-refractivity contribution in [1.29, 1.82) is 0 Å². The predicted octanol–water partition coefficient (Wildman–Crippen LogP) is 1.19. The zero-order valence-corrected chi connectivity index (χ0v) is 9.19. The number of ether oxygens (including phenoxy) is 1. The molecule has 4 heteroatoms. The number of hydrogen-bond donors (Lipinski definition) is 2. The third-order valence-electron chi connectivity index (χ3n) is 2.90. The van der Waals surface area contributed by atoms with Crippen LogP contribution in [0.2, 0.25) is 0 Å². The van der Waals surface area contributed by atoms with E-state index in [1.807, 2.05) is 25.1 Å². The van der Waals surface area contributed by atoms with E-state index in [0.717, 1.165) is 5.56 Å². The smallest absolute Gasteiger partial charge is 0.349 e. The van der Waals surface area contributed by atoms with Crippen LogP contribution in [0, 0.1) is 6.92 Å². The number of nitrogens with one attached hydrogen (secondary N) is 1. The lowest BCUT2D eigenvalue weighted by Crippen LogP contribution is -2.46. The maximum absolute atomic E-state index is 11.3. The fourth-order valence-electron chi connectivity index (χ4n) is 1.86. The molecule has 1 aromatic carbocycles.